The SMILES string of the molecule is CCc1ccc(NC(=O)ON2CCC3(CC2)CC(c2ccc4ccccc4c2)=NO3)cc1. The molecule has 1 fully saturated rings. The molecule has 32 heavy (non-hydrogen) atoms. The van der Waals surface area contributed by atoms with E-state index in [9.17, 15) is 4.79 Å². The van der Waals surface area contributed by atoms with E-state index in [1.807, 2.05) is 36.4 Å². The molecule has 5 rings (SSSR count). The topological polar surface area (TPSA) is 63.2 Å². The van der Waals surface area contributed by atoms with Gasteiger partial charge in [0.05, 0.1) is 5.71 Å². The second kappa shape index (κ2) is 8.63. The molecule has 2 aliphatic heterocycles. The zero-order valence-corrected chi connectivity index (χ0v) is 18.2. The van der Waals surface area contributed by atoms with Crippen LogP contribution in [0.4, 0.5) is 10.5 Å². The first kappa shape index (κ1) is 20.5. The van der Waals surface area contributed by atoms with Crippen LogP contribution in [-0.4, -0.2) is 35.6 Å². The minimum absolute atomic E-state index is 0.312. The number of hydroxylamine groups is 2. The number of benzene rings is 3. The maximum absolute atomic E-state index is 12.3. The molecule has 1 spiro atoms. The van der Waals surface area contributed by atoms with Crippen LogP contribution in [0, 0.1) is 0 Å². The summed E-state index contributed by atoms with van der Waals surface area (Å²) in [6.45, 7) is 3.33. The number of fused-ring (bicyclic) bond motifs is 1. The summed E-state index contributed by atoms with van der Waals surface area (Å²) in [5, 5.41) is 11.3. The van der Waals surface area contributed by atoms with Crippen molar-refractivity contribution >= 4 is 28.3 Å². The maximum Gasteiger partial charge on any atom is 0.430 e. The van der Waals surface area contributed by atoms with E-state index in [1.165, 1.54) is 16.3 Å². The van der Waals surface area contributed by atoms with Crippen LogP contribution < -0.4 is 5.32 Å². The Labute approximate surface area is 187 Å². The van der Waals surface area contributed by atoms with E-state index in [2.05, 4.69) is 47.7 Å². The van der Waals surface area contributed by atoms with E-state index in [4.69, 9.17) is 9.68 Å². The van der Waals surface area contributed by atoms with Crippen molar-refractivity contribution in [3.8, 4) is 0 Å². The summed E-state index contributed by atoms with van der Waals surface area (Å²) in [5.41, 5.74) is 3.74. The number of nitrogens with zero attached hydrogens (tertiary/aromatic N) is 2. The van der Waals surface area contributed by atoms with Gasteiger partial charge in [0.25, 0.3) is 0 Å². The fourth-order valence-corrected chi connectivity index (χ4v) is 4.38. The van der Waals surface area contributed by atoms with Gasteiger partial charge in [-0.3, -0.25) is 5.32 Å². The van der Waals surface area contributed by atoms with Gasteiger partial charge in [-0.05, 0) is 41.0 Å². The first-order valence-electron chi connectivity index (χ1n) is 11.2. The number of nitrogens with one attached hydrogen (secondary N) is 1. The number of carbonyl (C=O) groups is 1. The van der Waals surface area contributed by atoms with E-state index in [0.29, 0.717) is 13.1 Å². The van der Waals surface area contributed by atoms with E-state index in [-0.39, 0.29) is 5.60 Å². The summed E-state index contributed by atoms with van der Waals surface area (Å²) in [5.74, 6) is 0. The van der Waals surface area contributed by atoms with E-state index >= 15 is 0 Å². The minimum Gasteiger partial charge on any atom is -0.388 e. The highest BCUT2D eigenvalue weighted by Gasteiger charge is 2.43. The van der Waals surface area contributed by atoms with Gasteiger partial charge in [-0.15, -0.1) is 5.06 Å². The number of piperidine rings is 1. The summed E-state index contributed by atoms with van der Waals surface area (Å²) in [6.07, 6.45) is 2.78. The number of hydrogen-bond acceptors (Lipinski definition) is 5. The normalized spacial score (nSPS) is 17.7. The van der Waals surface area contributed by atoms with Crippen molar-refractivity contribution in [1.82, 2.24) is 5.06 Å². The lowest BCUT2D eigenvalue weighted by atomic mass is 9.86. The standard InChI is InChI=1S/C26H27N3O3/c1-2-19-7-11-23(12-8-19)27-25(30)31-29-15-13-26(14-16-29)18-24(28-32-26)22-10-9-20-5-3-4-6-21(20)17-22/h3-12,17H,2,13-16,18H2,1H3,(H,27,30). The number of anilines is 1. The highest BCUT2D eigenvalue weighted by atomic mass is 16.7. The number of hydrogen-bond donors (Lipinski definition) is 1. The van der Waals surface area contributed by atoms with Crippen molar-refractivity contribution < 1.29 is 14.5 Å². The summed E-state index contributed by atoms with van der Waals surface area (Å²) in [4.78, 5) is 23.7. The largest absolute Gasteiger partial charge is 0.430 e. The van der Waals surface area contributed by atoms with Crippen LogP contribution in [0.2, 0.25) is 0 Å². The van der Waals surface area contributed by atoms with Gasteiger partial charge in [-0.2, -0.15) is 0 Å². The number of rotatable bonds is 4. The van der Waals surface area contributed by atoms with E-state index < -0.39 is 6.09 Å². The fourth-order valence-electron chi connectivity index (χ4n) is 4.38. The summed E-state index contributed by atoms with van der Waals surface area (Å²) >= 11 is 0. The van der Waals surface area contributed by atoms with Gasteiger partial charge in [0.15, 0.2) is 0 Å². The molecule has 6 heteroatoms. The first-order chi connectivity index (χ1) is 15.6. The van der Waals surface area contributed by atoms with Crippen LogP contribution in [0.5, 0.6) is 0 Å². The molecular formula is C26H27N3O3. The third kappa shape index (κ3) is 4.32. The van der Waals surface area contributed by atoms with Gasteiger partial charge < -0.3 is 9.68 Å². The van der Waals surface area contributed by atoms with Crippen molar-refractivity contribution in [2.45, 2.75) is 38.2 Å². The van der Waals surface area contributed by atoms with Crippen LogP contribution >= 0.6 is 0 Å². The third-order valence-electron chi connectivity index (χ3n) is 6.38. The van der Waals surface area contributed by atoms with E-state index in [1.54, 1.807) is 5.06 Å². The lowest BCUT2D eigenvalue weighted by Gasteiger charge is -2.35. The van der Waals surface area contributed by atoms with Crippen molar-refractivity contribution in [2.24, 2.45) is 5.16 Å². The number of aryl methyl sites for hydroxylation is 1. The van der Waals surface area contributed by atoms with Gasteiger partial charge in [-0.1, -0.05) is 60.6 Å². The Morgan fingerprint density at radius 2 is 1.81 bits per heavy atom. The van der Waals surface area contributed by atoms with Crippen LogP contribution in [0.25, 0.3) is 10.8 Å². The number of oxime groups is 1. The molecule has 0 unspecified atom stereocenters. The monoisotopic (exact) mass is 429 g/mol. The molecule has 0 radical (unpaired) electrons. The smallest absolute Gasteiger partial charge is 0.388 e. The summed E-state index contributed by atoms with van der Waals surface area (Å²) in [7, 11) is 0. The third-order valence-corrected chi connectivity index (χ3v) is 6.38. The van der Waals surface area contributed by atoms with Crippen LogP contribution in [0.3, 0.4) is 0 Å². The first-order valence-corrected chi connectivity index (χ1v) is 11.2. The maximum atomic E-state index is 12.3. The lowest BCUT2D eigenvalue weighted by molar-refractivity contribution is -0.154. The molecule has 1 amide bonds. The zero-order valence-electron chi connectivity index (χ0n) is 18.2. The predicted molar refractivity (Wildman–Crippen MR) is 126 cm³/mol. The molecule has 1 N–H and O–H groups in total. The molecule has 164 valence electrons. The minimum atomic E-state index is -0.467. The summed E-state index contributed by atoms with van der Waals surface area (Å²) in [6, 6.07) is 22.5. The molecular weight excluding hydrogens is 402 g/mol. The molecule has 0 saturated carbocycles. The molecule has 3 aromatic rings. The number of carbonyl (C=O) groups excluding carboxylic acids is 1. The molecule has 3 aromatic carbocycles. The van der Waals surface area contributed by atoms with Crippen molar-refractivity contribution in [3.63, 3.8) is 0 Å². The van der Waals surface area contributed by atoms with E-state index in [0.717, 1.165) is 42.6 Å². The summed E-state index contributed by atoms with van der Waals surface area (Å²) < 4.78 is 0. The van der Waals surface area contributed by atoms with Crippen molar-refractivity contribution in [2.75, 3.05) is 18.4 Å². The second-order valence-corrected chi connectivity index (χ2v) is 8.53. The second-order valence-electron chi connectivity index (χ2n) is 8.53. The fraction of sp³-hybridized carbons (Fsp3) is 0.308. The highest BCUT2D eigenvalue weighted by molar-refractivity contribution is 6.04. The Morgan fingerprint density at radius 3 is 2.56 bits per heavy atom. The van der Waals surface area contributed by atoms with Crippen LogP contribution in [-0.2, 0) is 16.1 Å². The van der Waals surface area contributed by atoms with Gasteiger partial charge in [0, 0.05) is 43.6 Å². The average Bonchev–Trinajstić information content (AvgIpc) is 3.24. The Hall–Kier alpha value is -3.38. The quantitative estimate of drug-likeness (QED) is 0.593. The average molecular weight is 430 g/mol. The molecule has 1 saturated heterocycles. The zero-order chi connectivity index (χ0) is 22.0. The van der Waals surface area contributed by atoms with Gasteiger partial charge in [0.1, 0.15) is 5.60 Å². The Bertz CT molecular complexity index is 1150. The molecule has 0 aliphatic carbocycles. The van der Waals surface area contributed by atoms with Crippen LogP contribution in [0.15, 0.2) is 71.9 Å². The van der Waals surface area contributed by atoms with Crippen molar-refractivity contribution in [3.05, 3.63) is 77.9 Å². The van der Waals surface area contributed by atoms with Crippen LogP contribution in [0.1, 0.15) is 37.3 Å². The Morgan fingerprint density at radius 1 is 1.06 bits per heavy atom. The molecule has 6 nitrogen and oxygen atoms in total. The van der Waals surface area contributed by atoms with Gasteiger partial charge >= 0.3 is 6.09 Å². The lowest BCUT2D eigenvalue weighted by Crippen LogP contribution is -2.45. The molecule has 0 aromatic heterocycles. The number of amides is 1. The molecule has 2 aliphatic rings. The Balaban J connectivity index is 1.14. The Kier molecular flexibility index (Phi) is 5.53. The van der Waals surface area contributed by atoms with Gasteiger partial charge in [-0.25, -0.2) is 4.79 Å². The van der Waals surface area contributed by atoms with Gasteiger partial charge in [0.2, 0.25) is 0 Å². The molecule has 0 bridgehead atoms. The highest BCUT2D eigenvalue weighted by Crippen LogP contribution is 2.36. The molecule has 0 atom stereocenters. The molecule has 2 heterocycles. The van der Waals surface area contributed by atoms with Crippen molar-refractivity contribution in [1.29, 1.82) is 0 Å². The predicted octanol–water partition coefficient (Wildman–Crippen LogP) is 5.52.